The number of likely N-dealkylation sites (tertiary alicyclic amines) is 1. The average Bonchev–Trinajstić information content (AvgIpc) is 2.48. The zero-order chi connectivity index (χ0) is 15.3. The molecule has 0 aromatic rings. The molecule has 122 valence electrons. The highest BCUT2D eigenvalue weighted by Crippen LogP contribution is 2.44. The Morgan fingerprint density at radius 2 is 1.81 bits per heavy atom. The predicted octanol–water partition coefficient (Wildman–Crippen LogP) is 2.70. The van der Waals surface area contributed by atoms with Crippen LogP contribution in [0, 0.1) is 5.41 Å². The largest absolute Gasteiger partial charge is 0.465 e. The Balaban J connectivity index is 1.74. The normalized spacial score (nSPS) is 25.5. The van der Waals surface area contributed by atoms with Gasteiger partial charge in [-0.15, -0.1) is 0 Å². The molecule has 4 nitrogen and oxygen atoms in total. The Bertz CT molecular complexity index is 339. The van der Waals surface area contributed by atoms with E-state index in [1.165, 1.54) is 58.0 Å². The van der Waals surface area contributed by atoms with Crippen molar-refractivity contribution in [1.82, 2.24) is 4.90 Å². The van der Waals surface area contributed by atoms with Gasteiger partial charge < -0.3 is 15.4 Å². The number of hydrogen-bond donors (Lipinski definition) is 1. The van der Waals surface area contributed by atoms with Crippen LogP contribution in [0.5, 0.6) is 0 Å². The Morgan fingerprint density at radius 3 is 2.38 bits per heavy atom. The molecule has 1 heterocycles. The first-order chi connectivity index (χ1) is 9.97. The topological polar surface area (TPSA) is 55.6 Å². The van der Waals surface area contributed by atoms with Crippen LogP contribution in [0.1, 0.15) is 65.2 Å². The Labute approximate surface area is 129 Å². The van der Waals surface area contributed by atoms with E-state index in [0.29, 0.717) is 18.4 Å². The minimum absolute atomic E-state index is 0.272. The van der Waals surface area contributed by atoms with Crippen molar-refractivity contribution < 1.29 is 9.53 Å². The summed E-state index contributed by atoms with van der Waals surface area (Å²) < 4.78 is 5.05. The molecule has 0 amide bonds. The van der Waals surface area contributed by atoms with Crippen LogP contribution in [-0.4, -0.2) is 42.6 Å². The van der Waals surface area contributed by atoms with Crippen LogP contribution in [-0.2, 0) is 9.53 Å². The van der Waals surface area contributed by atoms with Crippen LogP contribution in [0.25, 0.3) is 0 Å². The van der Waals surface area contributed by atoms with Gasteiger partial charge in [-0.2, -0.15) is 0 Å². The summed E-state index contributed by atoms with van der Waals surface area (Å²) in [5.74, 6) is -0.272. The van der Waals surface area contributed by atoms with Gasteiger partial charge in [0, 0.05) is 6.54 Å². The van der Waals surface area contributed by atoms with Gasteiger partial charge in [0.25, 0.3) is 0 Å². The zero-order valence-electron chi connectivity index (χ0n) is 13.8. The van der Waals surface area contributed by atoms with E-state index in [1.54, 1.807) is 6.92 Å². The predicted molar refractivity (Wildman–Crippen MR) is 85.0 cm³/mol. The Kier molecular flexibility index (Phi) is 5.67. The number of hydrogen-bond acceptors (Lipinski definition) is 4. The standard InChI is InChI=1S/C17H32N2O2/c1-3-21-15(20)16(2,18)9-12-19-13-10-17(11-14-19)7-5-4-6-8-17/h3-14,18H2,1-2H3. The van der Waals surface area contributed by atoms with E-state index in [0.717, 1.165) is 6.54 Å². The molecule has 1 atom stereocenters. The number of piperidine rings is 1. The van der Waals surface area contributed by atoms with E-state index >= 15 is 0 Å². The third-order valence-corrected chi connectivity index (χ3v) is 5.52. The Hall–Kier alpha value is -0.610. The molecule has 2 aliphatic rings. The monoisotopic (exact) mass is 296 g/mol. The molecule has 1 unspecified atom stereocenters. The fourth-order valence-corrected chi connectivity index (χ4v) is 3.84. The molecule has 2 N–H and O–H groups in total. The summed E-state index contributed by atoms with van der Waals surface area (Å²) in [5, 5.41) is 0. The molecule has 0 bridgehead atoms. The fraction of sp³-hybridized carbons (Fsp3) is 0.941. The number of carbonyl (C=O) groups excluding carboxylic acids is 1. The first-order valence-corrected chi connectivity index (χ1v) is 8.66. The first kappa shape index (κ1) is 16.8. The van der Waals surface area contributed by atoms with E-state index in [9.17, 15) is 4.79 Å². The third kappa shape index (κ3) is 4.43. The molecule has 2 fully saturated rings. The summed E-state index contributed by atoms with van der Waals surface area (Å²) in [6.07, 6.45) is 10.5. The molecule has 0 aromatic heterocycles. The van der Waals surface area contributed by atoms with E-state index in [4.69, 9.17) is 10.5 Å². The van der Waals surface area contributed by atoms with Crippen LogP contribution >= 0.6 is 0 Å². The number of esters is 1. The van der Waals surface area contributed by atoms with Crippen molar-refractivity contribution in [1.29, 1.82) is 0 Å². The second kappa shape index (κ2) is 7.10. The van der Waals surface area contributed by atoms with Crippen molar-refractivity contribution in [2.45, 2.75) is 70.8 Å². The second-order valence-corrected chi connectivity index (χ2v) is 7.29. The van der Waals surface area contributed by atoms with Gasteiger partial charge in [-0.1, -0.05) is 19.3 Å². The van der Waals surface area contributed by atoms with Gasteiger partial charge in [0.05, 0.1) is 6.61 Å². The van der Waals surface area contributed by atoms with Crippen molar-refractivity contribution >= 4 is 5.97 Å². The van der Waals surface area contributed by atoms with Gasteiger partial charge in [0.15, 0.2) is 0 Å². The smallest absolute Gasteiger partial charge is 0.325 e. The minimum Gasteiger partial charge on any atom is -0.465 e. The van der Waals surface area contributed by atoms with Gasteiger partial charge in [-0.25, -0.2) is 0 Å². The number of nitrogens with two attached hydrogens (primary N) is 1. The van der Waals surface area contributed by atoms with Gasteiger partial charge >= 0.3 is 5.97 Å². The Morgan fingerprint density at radius 1 is 1.19 bits per heavy atom. The molecule has 4 heteroatoms. The summed E-state index contributed by atoms with van der Waals surface area (Å²) >= 11 is 0. The summed E-state index contributed by atoms with van der Waals surface area (Å²) in [6.45, 7) is 7.25. The number of carbonyl (C=O) groups is 1. The van der Waals surface area contributed by atoms with Crippen LogP contribution in [0.15, 0.2) is 0 Å². The molecule has 1 aliphatic carbocycles. The summed E-state index contributed by atoms with van der Waals surface area (Å²) in [7, 11) is 0. The molecule has 1 aliphatic heterocycles. The van der Waals surface area contributed by atoms with Crippen molar-refractivity contribution in [3.63, 3.8) is 0 Å². The number of rotatable bonds is 5. The first-order valence-electron chi connectivity index (χ1n) is 8.66. The van der Waals surface area contributed by atoms with Crippen molar-refractivity contribution in [3.05, 3.63) is 0 Å². The summed E-state index contributed by atoms with van der Waals surface area (Å²) in [4.78, 5) is 14.3. The fourth-order valence-electron chi connectivity index (χ4n) is 3.84. The number of nitrogens with zero attached hydrogens (tertiary/aromatic N) is 1. The van der Waals surface area contributed by atoms with Gasteiger partial charge in [0.2, 0.25) is 0 Å². The third-order valence-electron chi connectivity index (χ3n) is 5.52. The highest BCUT2D eigenvalue weighted by Gasteiger charge is 2.36. The lowest BCUT2D eigenvalue weighted by Crippen LogP contribution is -2.50. The molecule has 0 aromatic carbocycles. The van der Waals surface area contributed by atoms with Gasteiger partial charge in [-0.3, -0.25) is 4.79 Å². The summed E-state index contributed by atoms with van der Waals surface area (Å²) in [5.41, 5.74) is 5.89. The molecule has 1 saturated carbocycles. The maximum Gasteiger partial charge on any atom is 0.325 e. The SMILES string of the molecule is CCOC(=O)C(C)(N)CCN1CCC2(CCCCC2)CC1. The lowest BCUT2D eigenvalue weighted by atomic mass is 9.68. The van der Waals surface area contributed by atoms with Crippen LogP contribution < -0.4 is 5.73 Å². The summed E-state index contributed by atoms with van der Waals surface area (Å²) in [6, 6.07) is 0. The van der Waals surface area contributed by atoms with Gasteiger partial charge in [-0.05, 0) is 64.5 Å². The van der Waals surface area contributed by atoms with Crippen molar-refractivity contribution in [2.24, 2.45) is 11.1 Å². The zero-order valence-corrected chi connectivity index (χ0v) is 13.8. The van der Waals surface area contributed by atoms with Crippen molar-refractivity contribution in [3.8, 4) is 0 Å². The lowest BCUT2D eigenvalue weighted by Gasteiger charge is -2.44. The number of ether oxygens (including phenoxy) is 1. The van der Waals surface area contributed by atoms with E-state index in [-0.39, 0.29) is 5.97 Å². The van der Waals surface area contributed by atoms with Crippen LogP contribution in [0.2, 0.25) is 0 Å². The molecular weight excluding hydrogens is 264 g/mol. The van der Waals surface area contributed by atoms with E-state index < -0.39 is 5.54 Å². The average molecular weight is 296 g/mol. The quantitative estimate of drug-likeness (QED) is 0.793. The molecule has 2 rings (SSSR count). The van der Waals surface area contributed by atoms with E-state index in [1.807, 2.05) is 6.92 Å². The second-order valence-electron chi connectivity index (χ2n) is 7.29. The van der Waals surface area contributed by atoms with Crippen LogP contribution in [0.4, 0.5) is 0 Å². The highest BCUT2D eigenvalue weighted by atomic mass is 16.5. The molecule has 1 saturated heterocycles. The maximum atomic E-state index is 11.8. The molecular formula is C17H32N2O2. The van der Waals surface area contributed by atoms with E-state index in [2.05, 4.69) is 4.90 Å². The van der Waals surface area contributed by atoms with Crippen molar-refractivity contribution in [2.75, 3.05) is 26.2 Å². The minimum atomic E-state index is -0.851. The lowest BCUT2D eigenvalue weighted by molar-refractivity contribution is -0.149. The highest BCUT2D eigenvalue weighted by molar-refractivity contribution is 5.79. The molecule has 0 radical (unpaired) electrons. The molecule has 21 heavy (non-hydrogen) atoms. The molecule has 1 spiro atoms. The van der Waals surface area contributed by atoms with Gasteiger partial charge in [0.1, 0.15) is 5.54 Å². The maximum absolute atomic E-state index is 11.8. The van der Waals surface area contributed by atoms with Crippen LogP contribution in [0.3, 0.4) is 0 Å².